The van der Waals surface area contributed by atoms with Crippen LogP contribution in [0, 0.1) is 0 Å². The van der Waals surface area contributed by atoms with Crippen molar-refractivity contribution >= 4 is 30.6 Å². The lowest BCUT2D eigenvalue weighted by Crippen LogP contribution is -1.97. The molecule has 1 aliphatic carbocycles. The van der Waals surface area contributed by atoms with Gasteiger partial charge in [0.1, 0.15) is 5.76 Å². The Morgan fingerprint density at radius 2 is 2.08 bits per heavy atom. The van der Waals surface area contributed by atoms with E-state index in [0.717, 1.165) is 36.5 Å². The molecular formula is C8H13Cl2O2P. The minimum Gasteiger partial charge on any atom is -0.439 e. The van der Waals surface area contributed by atoms with Crippen molar-refractivity contribution in [2.75, 3.05) is 6.61 Å². The van der Waals surface area contributed by atoms with E-state index in [-0.39, 0.29) is 0 Å². The number of halogens is 2. The van der Waals surface area contributed by atoms with E-state index in [1.807, 2.05) is 6.92 Å². The van der Waals surface area contributed by atoms with Crippen molar-refractivity contribution in [3.05, 3.63) is 10.8 Å². The molecule has 0 heterocycles. The zero-order valence-corrected chi connectivity index (χ0v) is 9.96. The summed E-state index contributed by atoms with van der Waals surface area (Å²) in [6, 6.07) is 0. The van der Waals surface area contributed by atoms with E-state index in [2.05, 4.69) is 0 Å². The minimum atomic E-state index is -1.30. The van der Waals surface area contributed by atoms with Crippen molar-refractivity contribution in [3.63, 3.8) is 0 Å². The van der Waals surface area contributed by atoms with Crippen LogP contribution in [-0.4, -0.2) is 6.61 Å². The highest BCUT2D eigenvalue weighted by atomic mass is 35.7. The molecule has 0 amide bonds. The summed E-state index contributed by atoms with van der Waals surface area (Å²) in [6.07, 6.45) is 4.05. The monoisotopic (exact) mass is 242 g/mol. The first-order valence-corrected chi connectivity index (χ1v) is 6.84. The fourth-order valence-electron chi connectivity index (χ4n) is 1.15. The van der Waals surface area contributed by atoms with Crippen molar-refractivity contribution < 1.29 is 9.05 Å². The van der Waals surface area contributed by atoms with Gasteiger partial charge in [-0.1, -0.05) is 11.6 Å². The fourth-order valence-corrected chi connectivity index (χ4v) is 2.64. The Kier molecular flexibility index (Phi) is 5.42. The van der Waals surface area contributed by atoms with Gasteiger partial charge in [-0.05, 0) is 37.4 Å². The quantitative estimate of drug-likeness (QED) is 0.675. The third-order valence-electron chi connectivity index (χ3n) is 1.77. The highest BCUT2D eigenvalue weighted by Crippen LogP contribution is 2.48. The number of allylic oxidation sites excluding steroid dienone is 2. The maximum absolute atomic E-state index is 5.98. The standard InChI is InChI=1S/C8H13Cl2O2P/c1-2-11-13(10)12-8-6-4-3-5-7(8)9/h2-6H2,1H3. The van der Waals surface area contributed by atoms with Crippen LogP contribution in [0.15, 0.2) is 10.8 Å². The molecule has 0 saturated carbocycles. The summed E-state index contributed by atoms with van der Waals surface area (Å²) in [4.78, 5) is 0. The summed E-state index contributed by atoms with van der Waals surface area (Å²) in [5, 5.41) is 0.805. The third kappa shape index (κ3) is 4.03. The second kappa shape index (κ2) is 6.08. The van der Waals surface area contributed by atoms with Crippen molar-refractivity contribution in [2.45, 2.75) is 32.6 Å². The summed E-state index contributed by atoms with van der Waals surface area (Å²) >= 11 is 11.8. The molecule has 13 heavy (non-hydrogen) atoms. The van der Waals surface area contributed by atoms with Crippen LogP contribution < -0.4 is 0 Å². The zero-order valence-electron chi connectivity index (χ0n) is 7.56. The van der Waals surface area contributed by atoms with Gasteiger partial charge in [-0.15, -0.1) is 0 Å². The molecule has 2 nitrogen and oxygen atoms in total. The average Bonchev–Trinajstić information content (AvgIpc) is 2.09. The van der Waals surface area contributed by atoms with E-state index in [0.29, 0.717) is 6.61 Å². The van der Waals surface area contributed by atoms with Crippen LogP contribution in [0.5, 0.6) is 0 Å². The highest BCUT2D eigenvalue weighted by Gasteiger charge is 2.16. The molecule has 0 aromatic heterocycles. The molecule has 0 spiro atoms. The van der Waals surface area contributed by atoms with Gasteiger partial charge in [0.2, 0.25) is 0 Å². The first-order chi connectivity index (χ1) is 6.24. The number of hydrogen-bond acceptors (Lipinski definition) is 2. The minimum absolute atomic E-state index is 0.570. The lowest BCUT2D eigenvalue weighted by Gasteiger charge is -2.18. The molecule has 0 fully saturated rings. The molecule has 0 aromatic carbocycles. The lowest BCUT2D eigenvalue weighted by atomic mass is 10.1. The van der Waals surface area contributed by atoms with E-state index in [1.54, 1.807) is 0 Å². The molecule has 5 heteroatoms. The Morgan fingerprint density at radius 3 is 2.69 bits per heavy atom. The van der Waals surface area contributed by atoms with Gasteiger partial charge in [0.15, 0.2) is 0 Å². The first kappa shape index (κ1) is 11.6. The second-order valence-corrected chi connectivity index (χ2v) is 4.91. The van der Waals surface area contributed by atoms with Crippen LogP contribution in [-0.2, 0) is 9.05 Å². The summed E-state index contributed by atoms with van der Waals surface area (Å²) in [5.74, 6) is 0.822. The SMILES string of the molecule is CCOP(Cl)OC1=C(Cl)CCCC1. The van der Waals surface area contributed by atoms with Gasteiger partial charge < -0.3 is 9.05 Å². The summed E-state index contributed by atoms with van der Waals surface area (Å²) < 4.78 is 10.5. The maximum Gasteiger partial charge on any atom is 0.338 e. The molecule has 0 aromatic rings. The van der Waals surface area contributed by atoms with Gasteiger partial charge in [0.25, 0.3) is 0 Å². The fraction of sp³-hybridized carbons (Fsp3) is 0.750. The molecule has 0 bridgehead atoms. The summed E-state index contributed by atoms with van der Waals surface area (Å²) in [7, 11) is -1.30. The van der Waals surface area contributed by atoms with Crippen LogP contribution in [0.1, 0.15) is 32.6 Å². The van der Waals surface area contributed by atoms with E-state index in [9.17, 15) is 0 Å². The molecule has 1 rings (SSSR count). The van der Waals surface area contributed by atoms with Crippen LogP contribution in [0.2, 0.25) is 0 Å². The Morgan fingerprint density at radius 1 is 1.38 bits per heavy atom. The summed E-state index contributed by atoms with van der Waals surface area (Å²) in [5.41, 5.74) is 0. The van der Waals surface area contributed by atoms with E-state index < -0.39 is 7.73 Å². The smallest absolute Gasteiger partial charge is 0.338 e. The van der Waals surface area contributed by atoms with Crippen LogP contribution in [0.25, 0.3) is 0 Å². The topological polar surface area (TPSA) is 18.5 Å². The van der Waals surface area contributed by atoms with Gasteiger partial charge in [-0.25, -0.2) is 0 Å². The van der Waals surface area contributed by atoms with E-state index in [4.69, 9.17) is 31.9 Å². The molecule has 1 unspecified atom stereocenters. The molecule has 0 saturated heterocycles. The third-order valence-corrected chi connectivity index (χ3v) is 3.49. The van der Waals surface area contributed by atoms with Crippen molar-refractivity contribution in [1.29, 1.82) is 0 Å². The van der Waals surface area contributed by atoms with Gasteiger partial charge in [0.05, 0.1) is 11.6 Å². The predicted octanol–water partition coefficient (Wildman–Crippen LogP) is 4.53. The largest absolute Gasteiger partial charge is 0.439 e. The van der Waals surface area contributed by atoms with Gasteiger partial charge >= 0.3 is 7.73 Å². The lowest BCUT2D eigenvalue weighted by molar-refractivity contribution is 0.304. The normalized spacial score (nSPS) is 20.2. The predicted molar refractivity (Wildman–Crippen MR) is 56.8 cm³/mol. The van der Waals surface area contributed by atoms with Crippen molar-refractivity contribution in [2.24, 2.45) is 0 Å². The summed E-state index contributed by atoms with van der Waals surface area (Å²) in [6.45, 7) is 2.46. The second-order valence-electron chi connectivity index (χ2n) is 2.76. The molecule has 1 aliphatic rings. The molecule has 0 N–H and O–H groups in total. The number of rotatable bonds is 4. The molecule has 76 valence electrons. The van der Waals surface area contributed by atoms with Gasteiger partial charge in [0, 0.05) is 6.42 Å². The van der Waals surface area contributed by atoms with Crippen LogP contribution >= 0.6 is 30.6 Å². The molecule has 0 radical (unpaired) electrons. The van der Waals surface area contributed by atoms with Gasteiger partial charge in [-0.2, -0.15) is 0 Å². The van der Waals surface area contributed by atoms with E-state index >= 15 is 0 Å². The molecular weight excluding hydrogens is 230 g/mol. The highest BCUT2D eigenvalue weighted by molar-refractivity contribution is 7.76. The number of hydrogen-bond donors (Lipinski definition) is 0. The first-order valence-electron chi connectivity index (χ1n) is 4.38. The Balaban J connectivity index is 2.41. The zero-order chi connectivity index (χ0) is 9.68. The van der Waals surface area contributed by atoms with Crippen LogP contribution in [0.4, 0.5) is 0 Å². The maximum atomic E-state index is 5.98. The molecule has 0 aliphatic heterocycles. The van der Waals surface area contributed by atoms with Crippen LogP contribution in [0.3, 0.4) is 0 Å². The van der Waals surface area contributed by atoms with Crippen molar-refractivity contribution in [3.8, 4) is 0 Å². The van der Waals surface area contributed by atoms with E-state index in [1.165, 1.54) is 0 Å². The molecule has 1 atom stereocenters. The Labute approximate surface area is 89.9 Å². The average molecular weight is 243 g/mol. The van der Waals surface area contributed by atoms with Crippen molar-refractivity contribution in [1.82, 2.24) is 0 Å². The Bertz CT molecular complexity index is 197. The van der Waals surface area contributed by atoms with Gasteiger partial charge in [-0.3, -0.25) is 0 Å². The Hall–Kier alpha value is 0.510.